The lowest BCUT2D eigenvalue weighted by molar-refractivity contribution is 0.171. The van der Waals surface area contributed by atoms with Crippen molar-refractivity contribution >= 4 is 27.5 Å². The number of rotatable bonds is 4. The molecule has 1 aromatic carbocycles. The Morgan fingerprint density at radius 3 is 2.28 bits per heavy atom. The van der Waals surface area contributed by atoms with E-state index in [2.05, 4.69) is 29.8 Å². The van der Waals surface area contributed by atoms with E-state index in [1.54, 1.807) is 0 Å². The zero-order valence-electron chi connectivity index (χ0n) is 10.7. The molecule has 4 heteroatoms. The van der Waals surface area contributed by atoms with Gasteiger partial charge in [-0.15, -0.1) is 0 Å². The highest BCUT2D eigenvalue weighted by molar-refractivity contribution is 9.09. The third-order valence-corrected chi connectivity index (χ3v) is 4.99. The first kappa shape index (κ1) is 14.0. The number of benzene rings is 1. The first-order chi connectivity index (χ1) is 8.67. The van der Waals surface area contributed by atoms with Gasteiger partial charge < -0.3 is 9.47 Å². The van der Waals surface area contributed by atoms with Crippen LogP contribution in [0.4, 0.5) is 0 Å². The van der Waals surface area contributed by atoms with Crippen molar-refractivity contribution < 1.29 is 9.47 Å². The van der Waals surface area contributed by atoms with E-state index in [0.29, 0.717) is 19.1 Å². The van der Waals surface area contributed by atoms with Gasteiger partial charge in [0.1, 0.15) is 13.2 Å². The highest BCUT2D eigenvalue weighted by atomic mass is 79.9. The third-order valence-electron chi connectivity index (χ3n) is 3.42. The zero-order valence-corrected chi connectivity index (χ0v) is 13.1. The number of ether oxygens (including phenoxy) is 2. The van der Waals surface area contributed by atoms with Crippen molar-refractivity contribution in [3.05, 3.63) is 22.7 Å². The molecule has 0 spiro atoms. The minimum Gasteiger partial charge on any atom is -0.486 e. The molecule has 0 saturated heterocycles. The van der Waals surface area contributed by atoms with Crippen LogP contribution in [-0.2, 0) is 0 Å². The number of fused-ring (bicyclic) bond motifs is 1. The molecule has 0 saturated carbocycles. The van der Waals surface area contributed by atoms with Gasteiger partial charge in [-0.2, -0.15) is 0 Å². The molecule has 0 bridgehead atoms. The van der Waals surface area contributed by atoms with Crippen LogP contribution in [0.5, 0.6) is 11.5 Å². The minimum absolute atomic E-state index is 0.260. The minimum atomic E-state index is 0.260. The van der Waals surface area contributed by atoms with Crippen LogP contribution >= 0.6 is 27.5 Å². The van der Waals surface area contributed by atoms with Crippen molar-refractivity contribution in [1.82, 2.24) is 0 Å². The molecule has 2 rings (SSSR count). The largest absolute Gasteiger partial charge is 0.486 e. The van der Waals surface area contributed by atoms with E-state index in [4.69, 9.17) is 21.1 Å². The zero-order chi connectivity index (χ0) is 13.1. The van der Waals surface area contributed by atoms with Gasteiger partial charge in [-0.1, -0.05) is 54.2 Å². The second-order valence-electron chi connectivity index (χ2n) is 4.50. The van der Waals surface area contributed by atoms with E-state index >= 15 is 0 Å². The maximum absolute atomic E-state index is 6.35. The number of hydrogen-bond donors (Lipinski definition) is 0. The van der Waals surface area contributed by atoms with E-state index in [-0.39, 0.29) is 4.83 Å². The maximum Gasteiger partial charge on any atom is 0.162 e. The molecule has 0 radical (unpaired) electrons. The molecule has 1 aromatic rings. The molecule has 1 heterocycles. The van der Waals surface area contributed by atoms with Gasteiger partial charge in [0.05, 0.1) is 0 Å². The van der Waals surface area contributed by atoms with Crippen LogP contribution < -0.4 is 9.47 Å². The van der Waals surface area contributed by atoms with Crippen LogP contribution in [0.3, 0.4) is 0 Å². The molecule has 100 valence electrons. The maximum atomic E-state index is 6.35. The number of alkyl halides is 1. The molecule has 0 fully saturated rings. The Kier molecular flexibility index (Phi) is 4.79. The molecular formula is C14H18BrClO2. The predicted molar refractivity (Wildman–Crippen MR) is 78.2 cm³/mol. The third kappa shape index (κ3) is 2.77. The normalized spacial score (nSPS) is 15.8. The Hall–Kier alpha value is -0.410. The number of hydrogen-bond acceptors (Lipinski definition) is 2. The average molecular weight is 334 g/mol. The summed E-state index contributed by atoms with van der Waals surface area (Å²) in [5.74, 6) is 2.13. The fourth-order valence-corrected chi connectivity index (χ4v) is 3.78. The Balaban J connectivity index is 2.32. The van der Waals surface area contributed by atoms with Gasteiger partial charge in [0, 0.05) is 15.9 Å². The monoisotopic (exact) mass is 332 g/mol. The molecule has 1 atom stereocenters. The summed E-state index contributed by atoms with van der Waals surface area (Å²) >= 11 is 10.1. The molecule has 0 N–H and O–H groups in total. The van der Waals surface area contributed by atoms with Crippen LogP contribution in [0.15, 0.2) is 12.1 Å². The summed E-state index contributed by atoms with van der Waals surface area (Å²) in [6, 6.07) is 3.87. The summed E-state index contributed by atoms with van der Waals surface area (Å²) in [4.78, 5) is 0.260. The summed E-state index contributed by atoms with van der Waals surface area (Å²) in [7, 11) is 0. The van der Waals surface area contributed by atoms with Crippen molar-refractivity contribution in [2.24, 2.45) is 5.92 Å². The molecule has 0 aromatic heterocycles. The summed E-state index contributed by atoms with van der Waals surface area (Å²) in [5.41, 5.74) is 1.09. The Morgan fingerprint density at radius 2 is 1.72 bits per heavy atom. The van der Waals surface area contributed by atoms with Gasteiger partial charge in [0.2, 0.25) is 0 Å². The van der Waals surface area contributed by atoms with Gasteiger partial charge in [-0.25, -0.2) is 0 Å². The Labute approximate surface area is 122 Å². The van der Waals surface area contributed by atoms with Gasteiger partial charge >= 0.3 is 0 Å². The van der Waals surface area contributed by atoms with E-state index in [1.807, 2.05) is 12.1 Å². The van der Waals surface area contributed by atoms with Crippen LogP contribution in [0, 0.1) is 5.92 Å². The first-order valence-corrected chi connectivity index (χ1v) is 7.69. The topological polar surface area (TPSA) is 18.5 Å². The average Bonchev–Trinajstić information content (AvgIpc) is 2.39. The molecule has 1 aliphatic heterocycles. The summed E-state index contributed by atoms with van der Waals surface area (Å²) in [5, 5.41) is 0.744. The van der Waals surface area contributed by atoms with Crippen LogP contribution in [0.2, 0.25) is 5.02 Å². The molecule has 18 heavy (non-hydrogen) atoms. The van der Waals surface area contributed by atoms with Gasteiger partial charge in [0.15, 0.2) is 11.5 Å². The number of halogens is 2. The molecule has 2 nitrogen and oxygen atoms in total. The van der Waals surface area contributed by atoms with Crippen molar-refractivity contribution in [3.8, 4) is 11.5 Å². The molecule has 1 aliphatic rings. The lowest BCUT2D eigenvalue weighted by Crippen LogP contribution is -2.16. The first-order valence-electron chi connectivity index (χ1n) is 6.40. The molecule has 1 unspecified atom stereocenters. The van der Waals surface area contributed by atoms with Crippen LogP contribution in [0.1, 0.15) is 37.1 Å². The Bertz CT molecular complexity index is 419. The van der Waals surface area contributed by atoms with E-state index in [0.717, 1.165) is 34.9 Å². The van der Waals surface area contributed by atoms with E-state index in [1.165, 1.54) is 0 Å². The lowest BCUT2D eigenvalue weighted by atomic mass is 9.94. The van der Waals surface area contributed by atoms with Crippen LogP contribution in [-0.4, -0.2) is 13.2 Å². The Morgan fingerprint density at radius 1 is 1.17 bits per heavy atom. The highest BCUT2D eigenvalue weighted by Gasteiger charge is 2.23. The standard InChI is InChI=1S/C14H18BrClO2/c1-3-9(4-2)14(15)10-7-12-13(8-11(10)16)18-6-5-17-12/h7-9,14H,3-6H2,1-2H3. The molecule has 0 aliphatic carbocycles. The lowest BCUT2D eigenvalue weighted by Gasteiger charge is -2.24. The van der Waals surface area contributed by atoms with Gasteiger partial charge in [-0.3, -0.25) is 0 Å². The summed E-state index contributed by atoms with van der Waals surface area (Å²) < 4.78 is 11.1. The van der Waals surface area contributed by atoms with Crippen molar-refractivity contribution in [3.63, 3.8) is 0 Å². The molecular weight excluding hydrogens is 316 g/mol. The van der Waals surface area contributed by atoms with Crippen molar-refractivity contribution in [1.29, 1.82) is 0 Å². The fraction of sp³-hybridized carbons (Fsp3) is 0.571. The van der Waals surface area contributed by atoms with E-state index in [9.17, 15) is 0 Å². The van der Waals surface area contributed by atoms with Crippen LogP contribution in [0.25, 0.3) is 0 Å². The second-order valence-corrected chi connectivity index (χ2v) is 5.89. The van der Waals surface area contributed by atoms with Gasteiger partial charge in [0.25, 0.3) is 0 Å². The van der Waals surface area contributed by atoms with Crippen molar-refractivity contribution in [2.75, 3.05) is 13.2 Å². The van der Waals surface area contributed by atoms with Crippen molar-refractivity contribution in [2.45, 2.75) is 31.5 Å². The fourth-order valence-electron chi connectivity index (χ4n) is 2.25. The smallest absolute Gasteiger partial charge is 0.162 e. The quantitative estimate of drug-likeness (QED) is 0.723. The van der Waals surface area contributed by atoms with E-state index < -0.39 is 0 Å². The van der Waals surface area contributed by atoms with Gasteiger partial charge in [-0.05, 0) is 17.5 Å². The second kappa shape index (κ2) is 6.16. The summed E-state index contributed by atoms with van der Waals surface area (Å²) in [6.45, 7) is 5.60. The molecule has 0 amide bonds. The summed E-state index contributed by atoms with van der Waals surface area (Å²) in [6.07, 6.45) is 2.24. The predicted octanol–water partition coefficient (Wildman–Crippen LogP) is 4.98. The SMILES string of the molecule is CCC(CC)C(Br)c1cc2c(cc1Cl)OCCO2. The highest BCUT2D eigenvalue weighted by Crippen LogP contribution is 2.43.